The van der Waals surface area contributed by atoms with Gasteiger partial charge in [0.15, 0.2) is 17.5 Å². The molecule has 2 nitrogen and oxygen atoms in total. The Kier molecular flexibility index (Phi) is 3.10. The van der Waals surface area contributed by atoms with Gasteiger partial charge in [0.2, 0.25) is 0 Å². The Bertz CT molecular complexity index is 490. The molecule has 1 aliphatic carbocycles. The average molecular weight is 267 g/mol. The van der Waals surface area contributed by atoms with Crippen LogP contribution >= 0.6 is 0 Å². The van der Waals surface area contributed by atoms with E-state index in [1.165, 1.54) is 0 Å². The second kappa shape index (κ2) is 4.53. The van der Waals surface area contributed by atoms with Crippen molar-refractivity contribution in [1.82, 2.24) is 5.32 Å². The number of hydrogen-bond donors (Lipinski definition) is 1. The van der Waals surface area contributed by atoms with Crippen molar-refractivity contribution in [1.29, 1.82) is 0 Å². The summed E-state index contributed by atoms with van der Waals surface area (Å²) in [5.74, 6) is -3.66. The van der Waals surface area contributed by atoms with Crippen LogP contribution < -0.4 is 5.32 Å². The van der Waals surface area contributed by atoms with E-state index in [-0.39, 0.29) is 29.6 Å². The van der Waals surface area contributed by atoms with Crippen LogP contribution in [0.25, 0.3) is 0 Å². The molecule has 3 atom stereocenters. The Morgan fingerprint density at radius 1 is 1.26 bits per heavy atom. The SMILES string of the molecule is [B]C1CC12CC(OCc1cc(F)c(F)c(F)c1)CN2. The molecule has 0 bridgehead atoms. The zero-order chi connectivity index (χ0) is 13.6. The molecule has 3 unspecified atom stereocenters. The van der Waals surface area contributed by atoms with Crippen molar-refractivity contribution in [2.75, 3.05) is 6.54 Å². The minimum absolute atomic E-state index is 0.00393. The predicted molar refractivity (Wildman–Crippen MR) is 64.4 cm³/mol. The van der Waals surface area contributed by atoms with E-state index in [4.69, 9.17) is 12.6 Å². The van der Waals surface area contributed by atoms with Gasteiger partial charge >= 0.3 is 0 Å². The van der Waals surface area contributed by atoms with Gasteiger partial charge in [0.25, 0.3) is 0 Å². The third-order valence-corrected chi connectivity index (χ3v) is 3.94. The minimum Gasteiger partial charge on any atom is -0.372 e. The van der Waals surface area contributed by atoms with Crippen LogP contribution in [0.15, 0.2) is 12.1 Å². The van der Waals surface area contributed by atoms with Crippen LogP contribution in [-0.4, -0.2) is 26.0 Å². The fraction of sp³-hybridized carbons (Fsp3) is 0.538. The van der Waals surface area contributed by atoms with Crippen molar-refractivity contribution in [3.8, 4) is 0 Å². The quantitative estimate of drug-likeness (QED) is 0.668. The molecule has 3 rings (SSSR count). The van der Waals surface area contributed by atoms with Gasteiger partial charge in [0, 0.05) is 12.1 Å². The van der Waals surface area contributed by atoms with Gasteiger partial charge in [-0.1, -0.05) is 5.82 Å². The van der Waals surface area contributed by atoms with Crippen LogP contribution in [-0.2, 0) is 11.3 Å². The normalized spacial score (nSPS) is 33.0. The first-order valence-corrected chi connectivity index (χ1v) is 6.26. The maximum absolute atomic E-state index is 13.0. The highest BCUT2D eigenvalue weighted by molar-refractivity contribution is 6.15. The maximum Gasteiger partial charge on any atom is 0.194 e. The van der Waals surface area contributed by atoms with E-state index in [1.54, 1.807) is 0 Å². The molecular formula is C13H13BF3NO. The average Bonchev–Trinajstić information content (AvgIpc) is 2.81. The van der Waals surface area contributed by atoms with Gasteiger partial charge < -0.3 is 10.1 Å². The van der Waals surface area contributed by atoms with E-state index in [0.717, 1.165) is 25.0 Å². The molecule has 1 aliphatic heterocycles. The lowest BCUT2D eigenvalue weighted by molar-refractivity contribution is 0.0517. The van der Waals surface area contributed by atoms with E-state index in [2.05, 4.69) is 5.32 Å². The smallest absolute Gasteiger partial charge is 0.194 e. The van der Waals surface area contributed by atoms with Gasteiger partial charge in [0.1, 0.15) is 0 Å². The van der Waals surface area contributed by atoms with Crippen LogP contribution in [0, 0.1) is 17.5 Å². The van der Waals surface area contributed by atoms with Crippen LogP contribution in [0.4, 0.5) is 13.2 Å². The van der Waals surface area contributed by atoms with Crippen molar-refractivity contribution >= 4 is 7.85 Å². The van der Waals surface area contributed by atoms with Gasteiger partial charge in [-0.05, 0) is 30.5 Å². The number of hydrogen-bond acceptors (Lipinski definition) is 2. The molecule has 1 aromatic rings. The van der Waals surface area contributed by atoms with Crippen LogP contribution in [0.1, 0.15) is 18.4 Å². The Balaban J connectivity index is 1.58. The zero-order valence-electron chi connectivity index (χ0n) is 10.3. The van der Waals surface area contributed by atoms with Gasteiger partial charge in [-0.2, -0.15) is 0 Å². The second-order valence-electron chi connectivity index (χ2n) is 5.36. The molecule has 1 saturated heterocycles. The third kappa shape index (κ3) is 2.39. The molecule has 1 heterocycles. The highest BCUT2D eigenvalue weighted by atomic mass is 19.2. The summed E-state index contributed by atoms with van der Waals surface area (Å²) in [6.45, 7) is 0.742. The van der Waals surface area contributed by atoms with Crippen molar-refractivity contribution in [3.63, 3.8) is 0 Å². The number of ether oxygens (including phenoxy) is 1. The first-order chi connectivity index (χ1) is 9.00. The second-order valence-corrected chi connectivity index (χ2v) is 5.36. The summed E-state index contributed by atoms with van der Waals surface area (Å²) in [5, 5.41) is 3.32. The molecule has 1 aromatic carbocycles. The van der Waals surface area contributed by atoms with E-state index in [9.17, 15) is 13.2 Å². The summed E-state index contributed by atoms with van der Waals surface area (Å²) in [6.07, 6.45) is 1.72. The standard InChI is InChI=1S/C13H13BF3NO/c14-11-4-13(11)3-8(5-18-13)19-6-7-1-9(15)12(17)10(16)2-7/h1-2,8,11,18H,3-6H2. The molecule has 2 fully saturated rings. The largest absolute Gasteiger partial charge is 0.372 e. The molecule has 100 valence electrons. The topological polar surface area (TPSA) is 21.3 Å². The summed E-state index contributed by atoms with van der Waals surface area (Å²) < 4.78 is 44.4. The Morgan fingerprint density at radius 3 is 2.42 bits per heavy atom. The molecule has 0 amide bonds. The number of nitrogens with one attached hydrogen (secondary N) is 1. The summed E-state index contributed by atoms with van der Waals surface area (Å²) in [6, 6.07) is 1.92. The summed E-state index contributed by atoms with van der Waals surface area (Å²) in [7, 11) is 5.83. The third-order valence-electron chi connectivity index (χ3n) is 3.94. The van der Waals surface area contributed by atoms with Crippen molar-refractivity contribution in [2.45, 2.75) is 36.9 Å². The van der Waals surface area contributed by atoms with Crippen LogP contribution in [0.2, 0.25) is 5.82 Å². The highest BCUT2D eigenvalue weighted by Crippen LogP contribution is 2.52. The van der Waals surface area contributed by atoms with Crippen LogP contribution in [0.5, 0.6) is 0 Å². The molecular weight excluding hydrogens is 254 g/mol. The van der Waals surface area contributed by atoms with Gasteiger partial charge in [0.05, 0.1) is 20.6 Å². The van der Waals surface area contributed by atoms with E-state index < -0.39 is 17.5 Å². The Labute approximate surface area is 110 Å². The number of benzene rings is 1. The first-order valence-electron chi connectivity index (χ1n) is 6.26. The highest BCUT2D eigenvalue weighted by Gasteiger charge is 2.54. The maximum atomic E-state index is 13.0. The van der Waals surface area contributed by atoms with E-state index in [0.29, 0.717) is 6.54 Å². The van der Waals surface area contributed by atoms with Gasteiger partial charge in [-0.3, -0.25) is 0 Å². The zero-order valence-corrected chi connectivity index (χ0v) is 10.3. The summed E-state index contributed by atoms with van der Waals surface area (Å²) in [5.41, 5.74) is 0.293. The summed E-state index contributed by atoms with van der Waals surface area (Å²) >= 11 is 0. The fourth-order valence-corrected chi connectivity index (χ4v) is 2.66. The Morgan fingerprint density at radius 2 is 1.89 bits per heavy atom. The van der Waals surface area contributed by atoms with Gasteiger partial charge in [-0.25, -0.2) is 13.2 Å². The lowest BCUT2D eigenvalue weighted by Gasteiger charge is -2.12. The monoisotopic (exact) mass is 267 g/mol. The molecule has 1 saturated carbocycles. The number of halogens is 3. The molecule has 1 spiro atoms. The van der Waals surface area contributed by atoms with Crippen LogP contribution in [0.3, 0.4) is 0 Å². The Hall–Kier alpha value is -1.01. The molecule has 19 heavy (non-hydrogen) atoms. The molecule has 0 aromatic heterocycles. The molecule has 6 heteroatoms. The van der Waals surface area contributed by atoms with Crippen molar-refractivity contribution in [2.24, 2.45) is 0 Å². The van der Waals surface area contributed by atoms with Crippen molar-refractivity contribution in [3.05, 3.63) is 35.1 Å². The lowest BCUT2D eigenvalue weighted by atomic mass is 9.96. The van der Waals surface area contributed by atoms with Gasteiger partial charge in [-0.15, -0.1) is 0 Å². The van der Waals surface area contributed by atoms with E-state index in [1.807, 2.05) is 0 Å². The minimum atomic E-state index is -1.45. The van der Waals surface area contributed by atoms with Crippen molar-refractivity contribution < 1.29 is 17.9 Å². The summed E-state index contributed by atoms with van der Waals surface area (Å²) in [4.78, 5) is 0. The lowest BCUT2D eigenvalue weighted by Crippen LogP contribution is -2.24. The molecule has 2 radical (unpaired) electrons. The first kappa shape index (κ1) is 13.0. The predicted octanol–water partition coefficient (Wildman–Crippen LogP) is 2.08. The fourth-order valence-electron chi connectivity index (χ4n) is 2.66. The molecule has 1 N–H and O–H groups in total. The van der Waals surface area contributed by atoms with E-state index >= 15 is 0 Å². The number of rotatable bonds is 3. The molecule has 2 aliphatic rings.